The molecule has 1 aliphatic carbocycles. The number of hydrogen-bond acceptors (Lipinski definition) is 5. The Morgan fingerprint density at radius 3 is 2.85 bits per heavy atom. The molecule has 140 valence electrons. The van der Waals surface area contributed by atoms with Gasteiger partial charge in [-0.1, -0.05) is 23.9 Å². The number of thiophene rings is 1. The maximum Gasteiger partial charge on any atom is 0.237 e. The lowest BCUT2D eigenvalue weighted by atomic mass is 9.97. The van der Waals surface area contributed by atoms with Crippen LogP contribution in [0.1, 0.15) is 36.0 Å². The van der Waals surface area contributed by atoms with Gasteiger partial charge in [0.1, 0.15) is 21.5 Å². The van der Waals surface area contributed by atoms with Gasteiger partial charge in [-0.3, -0.25) is 4.79 Å². The van der Waals surface area contributed by atoms with Crippen molar-refractivity contribution in [3.8, 4) is 0 Å². The van der Waals surface area contributed by atoms with Gasteiger partial charge in [-0.15, -0.1) is 11.3 Å². The Kier molecular flexibility index (Phi) is 5.14. The smallest absolute Gasteiger partial charge is 0.237 e. The molecule has 1 aliphatic rings. The number of anilines is 1. The maximum atomic E-state index is 13.8. The second-order valence-corrected chi connectivity index (χ2v) is 9.11. The highest BCUT2D eigenvalue weighted by molar-refractivity contribution is 8.00. The predicted octanol–water partition coefficient (Wildman–Crippen LogP) is 5.14. The highest BCUT2D eigenvalue weighted by Gasteiger charge is 2.24. The summed E-state index contributed by atoms with van der Waals surface area (Å²) in [4.78, 5) is 24.2. The summed E-state index contributed by atoms with van der Waals surface area (Å²) in [6.45, 7) is 3.70. The summed E-state index contributed by atoms with van der Waals surface area (Å²) in [5.41, 5.74) is 1.55. The molecular formula is C20H20FN3OS2. The molecule has 0 saturated carbocycles. The molecule has 1 aromatic carbocycles. The fourth-order valence-electron chi connectivity index (χ4n) is 3.33. The average molecular weight is 402 g/mol. The monoisotopic (exact) mass is 401 g/mol. The molecule has 4 nitrogen and oxygen atoms in total. The van der Waals surface area contributed by atoms with Crippen molar-refractivity contribution in [1.82, 2.24) is 9.97 Å². The molecule has 1 amide bonds. The number of benzene rings is 1. The Morgan fingerprint density at radius 2 is 2.04 bits per heavy atom. The number of hydrogen-bond donors (Lipinski definition) is 1. The fourth-order valence-corrected chi connectivity index (χ4v) is 5.72. The van der Waals surface area contributed by atoms with Crippen molar-refractivity contribution in [3.05, 3.63) is 46.3 Å². The molecule has 27 heavy (non-hydrogen) atoms. The first-order valence-electron chi connectivity index (χ1n) is 9.04. The van der Waals surface area contributed by atoms with E-state index in [0.29, 0.717) is 5.82 Å². The van der Waals surface area contributed by atoms with Crippen LogP contribution in [-0.4, -0.2) is 21.1 Å². The van der Waals surface area contributed by atoms with Gasteiger partial charge in [-0.25, -0.2) is 14.4 Å². The van der Waals surface area contributed by atoms with E-state index < -0.39 is 11.1 Å². The first-order valence-corrected chi connectivity index (χ1v) is 10.7. The maximum absolute atomic E-state index is 13.8. The Bertz CT molecular complexity index is 1020. The number of amides is 1. The SMILES string of the molecule is Cc1nc(S[C@@H](C)C(=O)Nc2ccccc2F)c2c3c(sc2n1)CCCC3. The van der Waals surface area contributed by atoms with Crippen LogP contribution >= 0.6 is 23.1 Å². The number of carbonyl (C=O) groups is 1. The van der Waals surface area contributed by atoms with Crippen LogP contribution in [0.15, 0.2) is 29.3 Å². The van der Waals surface area contributed by atoms with Crippen molar-refractivity contribution in [2.24, 2.45) is 0 Å². The summed E-state index contributed by atoms with van der Waals surface area (Å²) < 4.78 is 13.8. The Balaban J connectivity index is 1.61. The molecule has 0 unspecified atom stereocenters. The number of carbonyl (C=O) groups excluding carboxylic acids is 1. The molecule has 1 N–H and O–H groups in total. The lowest BCUT2D eigenvalue weighted by Crippen LogP contribution is -2.23. The molecule has 1 atom stereocenters. The molecular weight excluding hydrogens is 381 g/mol. The Hall–Kier alpha value is -1.99. The summed E-state index contributed by atoms with van der Waals surface area (Å²) in [6.07, 6.45) is 4.55. The van der Waals surface area contributed by atoms with Gasteiger partial charge in [-0.05, 0) is 57.2 Å². The fraction of sp³-hybridized carbons (Fsp3) is 0.350. The molecule has 0 saturated heterocycles. The number of thioether (sulfide) groups is 1. The third kappa shape index (κ3) is 3.71. The van der Waals surface area contributed by atoms with Crippen molar-refractivity contribution < 1.29 is 9.18 Å². The molecule has 0 fully saturated rings. The van der Waals surface area contributed by atoms with E-state index in [2.05, 4.69) is 15.3 Å². The van der Waals surface area contributed by atoms with E-state index in [4.69, 9.17) is 0 Å². The number of fused-ring (bicyclic) bond motifs is 3. The molecule has 2 heterocycles. The van der Waals surface area contributed by atoms with Gasteiger partial charge >= 0.3 is 0 Å². The number of rotatable bonds is 4. The zero-order valence-electron chi connectivity index (χ0n) is 15.2. The van der Waals surface area contributed by atoms with Gasteiger partial charge in [0.2, 0.25) is 5.91 Å². The summed E-state index contributed by atoms with van der Waals surface area (Å²) in [5.74, 6) is 0.0409. The second kappa shape index (κ2) is 7.56. The zero-order chi connectivity index (χ0) is 19.0. The van der Waals surface area contributed by atoms with Crippen LogP contribution in [0, 0.1) is 12.7 Å². The number of aromatic nitrogens is 2. The minimum atomic E-state index is -0.435. The van der Waals surface area contributed by atoms with Crippen LogP contribution < -0.4 is 5.32 Å². The third-order valence-corrected chi connectivity index (χ3v) is 6.95. The van der Waals surface area contributed by atoms with Gasteiger partial charge < -0.3 is 5.32 Å². The van der Waals surface area contributed by atoms with E-state index in [1.165, 1.54) is 41.1 Å². The van der Waals surface area contributed by atoms with E-state index in [1.807, 2.05) is 13.8 Å². The Labute approximate surface area is 165 Å². The minimum absolute atomic E-state index is 0.201. The number of para-hydroxylation sites is 1. The molecule has 3 aromatic rings. The highest BCUT2D eigenvalue weighted by atomic mass is 32.2. The summed E-state index contributed by atoms with van der Waals surface area (Å²) >= 11 is 3.17. The normalized spacial score (nSPS) is 14.8. The minimum Gasteiger partial charge on any atom is -0.323 e. The van der Waals surface area contributed by atoms with Crippen molar-refractivity contribution in [3.63, 3.8) is 0 Å². The number of halogens is 1. The molecule has 4 rings (SSSR count). The molecule has 7 heteroatoms. The van der Waals surface area contributed by atoms with Crippen LogP contribution in [-0.2, 0) is 17.6 Å². The number of nitrogens with zero attached hydrogens (tertiary/aromatic N) is 2. The quantitative estimate of drug-likeness (QED) is 0.486. The van der Waals surface area contributed by atoms with E-state index in [-0.39, 0.29) is 11.6 Å². The van der Waals surface area contributed by atoms with Gasteiger partial charge in [0.15, 0.2) is 0 Å². The predicted molar refractivity (Wildman–Crippen MR) is 109 cm³/mol. The van der Waals surface area contributed by atoms with Gasteiger partial charge in [0.05, 0.1) is 10.9 Å². The van der Waals surface area contributed by atoms with Crippen molar-refractivity contribution in [2.75, 3.05) is 5.32 Å². The number of nitrogens with one attached hydrogen (secondary N) is 1. The lowest BCUT2D eigenvalue weighted by Gasteiger charge is -2.15. The van der Waals surface area contributed by atoms with Crippen LogP contribution in [0.2, 0.25) is 0 Å². The van der Waals surface area contributed by atoms with Crippen LogP contribution in [0.4, 0.5) is 10.1 Å². The zero-order valence-corrected chi connectivity index (χ0v) is 16.8. The van der Waals surface area contributed by atoms with E-state index in [1.54, 1.807) is 29.5 Å². The highest BCUT2D eigenvalue weighted by Crippen LogP contribution is 2.40. The lowest BCUT2D eigenvalue weighted by molar-refractivity contribution is -0.115. The Morgan fingerprint density at radius 1 is 1.26 bits per heavy atom. The first kappa shape index (κ1) is 18.4. The molecule has 0 bridgehead atoms. The van der Waals surface area contributed by atoms with Crippen molar-refractivity contribution >= 4 is 44.9 Å². The van der Waals surface area contributed by atoms with Crippen LogP contribution in [0.25, 0.3) is 10.2 Å². The van der Waals surface area contributed by atoms with Gasteiger partial charge in [0.25, 0.3) is 0 Å². The summed E-state index contributed by atoms with van der Waals surface area (Å²) in [5, 5.41) is 4.23. The second-order valence-electron chi connectivity index (χ2n) is 6.70. The van der Waals surface area contributed by atoms with Crippen molar-refractivity contribution in [1.29, 1.82) is 0 Å². The summed E-state index contributed by atoms with van der Waals surface area (Å²) in [7, 11) is 0. The summed E-state index contributed by atoms with van der Waals surface area (Å²) in [6, 6.07) is 6.20. The van der Waals surface area contributed by atoms with E-state index in [9.17, 15) is 9.18 Å². The molecule has 0 aliphatic heterocycles. The largest absolute Gasteiger partial charge is 0.323 e. The molecule has 0 radical (unpaired) electrons. The topological polar surface area (TPSA) is 54.9 Å². The molecule has 0 spiro atoms. The van der Waals surface area contributed by atoms with E-state index >= 15 is 0 Å². The van der Waals surface area contributed by atoms with Crippen LogP contribution in [0.5, 0.6) is 0 Å². The first-order chi connectivity index (χ1) is 13.0. The van der Waals surface area contributed by atoms with Crippen LogP contribution in [0.3, 0.4) is 0 Å². The van der Waals surface area contributed by atoms with Gasteiger partial charge in [0, 0.05) is 10.3 Å². The van der Waals surface area contributed by atoms with Gasteiger partial charge in [-0.2, -0.15) is 0 Å². The standard InChI is InChI=1S/C20H20FN3OS2/c1-11(18(25)24-15-9-5-4-8-14(15)21)26-19-17-13-7-3-6-10-16(13)27-20(17)23-12(2)22-19/h4-5,8-9,11H,3,6-7,10H2,1-2H3,(H,24,25)/t11-/m0/s1. The van der Waals surface area contributed by atoms with E-state index in [0.717, 1.165) is 28.1 Å². The van der Waals surface area contributed by atoms with Crippen molar-refractivity contribution in [2.45, 2.75) is 49.8 Å². The third-order valence-electron chi connectivity index (χ3n) is 4.68. The number of aryl methyl sites for hydroxylation is 3. The average Bonchev–Trinajstić information content (AvgIpc) is 3.01. The molecule has 2 aromatic heterocycles.